The highest BCUT2D eigenvalue weighted by Crippen LogP contribution is 2.15. The first-order valence-corrected chi connectivity index (χ1v) is 5.78. The van der Waals surface area contributed by atoms with Crippen molar-refractivity contribution in [3.8, 4) is 0 Å². The molecule has 1 rings (SSSR count). The summed E-state index contributed by atoms with van der Waals surface area (Å²) >= 11 is 0. The summed E-state index contributed by atoms with van der Waals surface area (Å²) in [4.78, 5) is 10.6. The fourth-order valence-electron chi connectivity index (χ4n) is 1.08. The lowest BCUT2D eigenvalue weighted by Crippen LogP contribution is -2.08. The van der Waals surface area contributed by atoms with Crippen molar-refractivity contribution in [2.45, 2.75) is 4.90 Å². The molecular formula is C10H11FO4S. The zero-order chi connectivity index (χ0) is 12.1. The predicted molar refractivity (Wildman–Crippen MR) is 56.5 cm³/mol. The van der Waals surface area contributed by atoms with Crippen molar-refractivity contribution >= 4 is 16.8 Å². The van der Waals surface area contributed by atoms with Gasteiger partial charge in [-0.15, -0.1) is 0 Å². The second-order valence-electron chi connectivity index (χ2n) is 2.99. The van der Waals surface area contributed by atoms with Crippen molar-refractivity contribution in [3.63, 3.8) is 0 Å². The van der Waals surface area contributed by atoms with Crippen molar-refractivity contribution in [3.05, 3.63) is 29.6 Å². The summed E-state index contributed by atoms with van der Waals surface area (Å²) in [6, 6.07) is 3.22. The summed E-state index contributed by atoms with van der Waals surface area (Å²) in [6.45, 7) is 0.226. The van der Waals surface area contributed by atoms with Gasteiger partial charge in [-0.25, -0.2) is 9.18 Å². The highest BCUT2D eigenvalue weighted by Gasteiger charge is 2.13. The minimum Gasteiger partial charge on any atom is -0.478 e. The molecule has 1 N–H and O–H groups in total. The van der Waals surface area contributed by atoms with Gasteiger partial charge in [-0.1, -0.05) is 0 Å². The fraction of sp³-hybridized carbons (Fsp3) is 0.300. The van der Waals surface area contributed by atoms with Crippen LogP contribution in [-0.4, -0.2) is 34.8 Å². The van der Waals surface area contributed by atoms with E-state index in [1.807, 2.05) is 0 Å². The number of hydrogen-bond acceptors (Lipinski definition) is 3. The predicted octanol–water partition coefficient (Wildman–Crippen LogP) is 1.28. The topological polar surface area (TPSA) is 63.6 Å². The maximum atomic E-state index is 13.3. The number of carboxylic acids is 1. The van der Waals surface area contributed by atoms with Crippen LogP contribution < -0.4 is 0 Å². The van der Waals surface area contributed by atoms with E-state index in [9.17, 15) is 13.4 Å². The standard InChI is InChI=1S/C10H11FO4S/c1-15-4-5-16(14)9-6-7(10(12)13)2-3-8(9)11/h2-3,6H,4-5H2,1H3,(H,12,13). The number of carboxylic acid groups (broad SMARTS) is 1. The smallest absolute Gasteiger partial charge is 0.335 e. The normalized spacial score (nSPS) is 12.4. The van der Waals surface area contributed by atoms with Crippen molar-refractivity contribution < 1.29 is 23.2 Å². The Bertz CT molecular complexity index is 419. The maximum Gasteiger partial charge on any atom is 0.335 e. The molecule has 0 saturated heterocycles. The molecule has 1 aromatic carbocycles. The first-order valence-electron chi connectivity index (χ1n) is 4.46. The summed E-state index contributed by atoms with van der Waals surface area (Å²) in [5, 5.41) is 8.71. The first-order chi connectivity index (χ1) is 7.56. The summed E-state index contributed by atoms with van der Waals surface area (Å²) < 4.78 is 29.6. The van der Waals surface area contributed by atoms with Crippen LogP contribution in [0, 0.1) is 5.82 Å². The summed E-state index contributed by atoms with van der Waals surface area (Å²) in [7, 11) is -0.139. The molecule has 0 bridgehead atoms. The first kappa shape index (κ1) is 12.8. The number of benzene rings is 1. The van der Waals surface area contributed by atoms with E-state index in [1.165, 1.54) is 7.11 Å². The van der Waals surface area contributed by atoms with Gasteiger partial charge in [-0.05, 0) is 18.2 Å². The number of ether oxygens (including phenoxy) is 1. The SMILES string of the molecule is COCCS(=O)c1cc(C(=O)O)ccc1F. The number of hydrogen-bond donors (Lipinski definition) is 1. The second-order valence-corrected chi connectivity index (χ2v) is 4.53. The average molecular weight is 246 g/mol. The Kier molecular flexibility index (Phi) is 4.57. The van der Waals surface area contributed by atoms with Gasteiger partial charge in [0, 0.05) is 7.11 Å². The molecule has 0 saturated carbocycles. The molecule has 0 aromatic heterocycles. The Morgan fingerprint density at radius 3 is 2.81 bits per heavy atom. The third-order valence-electron chi connectivity index (χ3n) is 1.90. The van der Waals surface area contributed by atoms with Gasteiger partial charge in [0.25, 0.3) is 0 Å². The van der Waals surface area contributed by atoms with Crippen LogP contribution in [-0.2, 0) is 15.5 Å². The Balaban J connectivity index is 2.97. The number of methoxy groups -OCH3 is 1. The van der Waals surface area contributed by atoms with Crippen LogP contribution in [0.25, 0.3) is 0 Å². The molecule has 0 heterocycles. The molecule has 6 heteroatoms. The van der Waals surface area contributed by atoms with Crippen LogP contribution in [0.15, 0.2) is 23.1 Å². The van der Waals surface area contributed by atoms with Crippen LogP contribution in [0.3, 0.4) is 0 Å². The van der Waals surface area contributed by atoms with Crippen LogP contribution in [0.2, 0.25) is 0 Å². The van der Waals surface area contributed by atoms with E-state index in [0.717, 1.165) is 18.2 Å². The van der Waals surface area contributed by atoms with E-state index in [4.69, 9.17) is 9.84 Å². The lowest BCUT2D eigenvalue weighted by Gasteiger charge is -2.04. The monoisotopic (exact) mass is 246 g/mol. The van der Waals surface area contributed by atoms with Crippen LogP contribution in [0.4, 0.5) is 4.39 Å². The van der Waals surface area contributed by atoms with Gasteiger partial charge >= 0.3 is 5.97 Å². The van der Waals surface area contributed by atoms with Gasteiger partial charge in [-0.3, -0.25) is 4.21 Å². The van der Waals surface area contributed by atoms with E-state index in [1.54, 1.807) is 0 Å². The largest absolute Gasteiger partial charge is 0.478 e. The van der Waals surface area contributed by atoms with Crippen LogP contribution >= 0.6 is 0 Å². The molecule has 0 aliphatic carbocycles. The zero-order valence-electron chi connectivity index (χ0n) is 8.60. The molecule has 4 nitrogen and oxygen atoms in total. The lowest BCUT2D eigenvalue weighted by molar-refractivity contribution is 0.0696. The molecule has 88 valence electrons. The van der Waals surface area contributed by atoms with Crippen LogP contribution in [0.1, 0.15) is 10.4 Å². The molecule has 0 spiro atoms. The number of aromatic carboxylic acids is 1. The molecule has 0 fully saturated rings. The van der Waals surface area contributed by atoms with Gasteiger partial charge < -0.3 is 9.84 Å². The lowest BCUT2D eigenvalue weighted by atomic mass is 10.2. The minimum absolute atomic E-state index is 0.0813. The molecule has 1 unspecified atom stereocenters. The molecular weight excluding hydrogens is 235 g/mol. The number of halogens is 1. The zero-order valence-corrected chi connectivity index (χ0v) is 9.42. The van der Waals surface area contributed by atoms with Crippen molar-refractivity contribution in [2.75, 3.05) is 19.5 Å². The Hall–Kier alpha value is -1.27. The average Bonchev–Trinajstić information content (AvgIpc) is 2.26. The van der Waals surface area contributed by atoms with Crippen molar-refractivity contribution in [1.29, 1.82) is 0 Å². The van der Waals surface area contributed by atoms with E-state index in [0.29, 0.717) is 0 Å². The highest BCUT2D eigenvalue weighted by molar-refractivity contribution is 7.85. The maximum absolute atomic E-state index is 13.3. The van der Waals surface area contributed by atoms with Crippen molar-refractivity contribution in [1.82, 2.24) is 0 Å². The molecule has 0 aliphatic heterocycles. The number of carbonyl (C=O) groups is 1. The molecule has 0 amide bonds. The second kappa shape index (κ2) is 5.72. The van der Waals surface area contributed by atoms with Gasteiger partial charge in [0.2, 0.25) is 0 Å². The van der Waals surface area contributed by atoms with Gasteiger partial charge in [-0.2, -0.15) is 0 Å². The van der Waals surface area contributed by atoms with E-state index in [-0.39, 0.29) is 22.8 Å². The highest BCUT2D eigenvalue weighted by atomic mass is 32.2. The molecule has 0 radical (unpaired) electrons. The quantitative estimate of drug-likeness (QED) is 0.850. The van der Waals surface area contributed by atoms with Gasteiger partial charge in [0.1, 0.15) is 5.82 Å². The summed E-state index contributed by atoms with van der Waals surface area (Å²) in [5.74, 6) is -1.71. The van der Waals surface area contributed by atoms with Gasteiger partial charge in [0.05, 0.1) is 33.6 Å². The minimum atomic E-state index is -1.59. The van der Waals surface area contributed by atoms with Crippen molar-refractivity contribution in [2.24, 2.45) is 0 Å². The molecule has 1 atom stereocenters. The third kappa shape index (κ3) is 3.11. The van der Waals surface area contributed by atoms with Crippen LogP contribution in [0.5, 0.6) is 0 Å². The molecule has 16 heavy (non-hydrogen) atoms. The third-order valence-corrected chi connectivity index (χ3v) is 3.24. The number of rotatable bonds is 5. The Labute approximate surface area is 94.5 Å². The Morgan fingerprint density at radius 1 is 1.56 bits per heavy atom. The van der Waals surface area contributed by atoms with E-state index >= 15 is 0 Å². The van der Waals surface area contributed by atoms with E-state index in [2.05, 4.69) is 0 Å². The van der Waals surface area contributed by atoms with Gasteiger partial charge in [0.15, 0.2) is 0 Å². The molecule has 0 aliphatic rings. The molecule has 1 aromatic rings. The van der Waals surface area contributed by atoms with E-state index < -0.39 is 22.6 Å². The Morgan fingerprint density at radius 2 is 2.25 bits per heavy atom. The summed E-state index contributed by atoms with van der Waals surface area (Å²) in [6.07, 6.45) is 0. The summed E-state index contributed by atoms with van der Waals surface area (Å²) in [5.41, 5.74) is -0.0813. The fourth-order valence-corrected chi connectivity index (χ4v) is 2.16.